The van der Waals surface area contributed by atoms with Gasteiger partial charge in [-0.3, -0.25) is 0 Å². The molecule has 138 valence electrons. The van der Waals surface area contributed by atoms with E-state index in [0.29, 0.717) is 18.4 Å². The standard InChI is InChI=1S/C20H32N4O/c1-4-21-20(22-13-16(9-10-25)11-15(2)3)23-14-18-12-17-7-5-6-8-19(17)24-18/h5-8,12,15-16,24-25H,4,9-11,13-14H2,1-3H3,(H2,21,22,23). The van der Waals surface area contributed by atoms with E-state index in [9.17, 15) is 5.11 Å². The van der Waals surface area contributed by atoms with Crippen molar-refractivity contribution in [1.29, 1.82) is 0 Å². The number of fused-ring (bicyclic) bond motifs is 1. The predicted octanol–water partition coefficient (Wildman–Crippen LogP) is 3.27. The maximum atomic E-state index is 9.26. The number of benzene rings is 1. The Kier molecular flexibility index (Phi) is 7.79. The molecule has 2 aromatic rings. The van der Waals surface area contributed by atoms with E-state index in [1.54, 1.807) is 0 Å². The summed E-state index contributed by atoms with van der Waals surface area (Å²) in [6, 6.07) is 10.4. The summed E-state index contributed by atoms with van der Waals surface area (Å²) in [5, 5.41) is 17.2. The van der Waals surface area contributed by atoms with Crippen LogP contribution in [0.15, 0.2) is 35.3 Å². The van der Waals surface area contributed by atoms with E-state index in [4.69, 9.17) is 4.99 Å². The number of hydrogen-bond acceptors (Lipinski definition) is 2. The molecule has 1 aromatic heterocycles. The highest BCUT2D eigenvalue weighted by atomic mass is 16.3. The first-order chi connectivity index (χ1) is 12.1. The molecule has 2 rings (SSSR count). The highest BCUT2D eigenvalue weighted by Crippen LogP contribution is 2.16. The second-order valence-corrected chi connectivity index (χ2v) is 6.97. The molecule has 1 unspecified atom stereocenters. The van der Waals surface area contributed by atoms with Crippen molar-refractivity contribution < 1.29 is 5.11 Å². The van der Waals surface area contributed by atoms with E-state index in [-0.39, 0.29) is 6.61 Å². The highest BCUT2D eigenvalue weighted by molar-refractivity contribution is 5.81. The normalized spacial score (nSPS) is 13.4. The van der Waals surface area contributed by atoms with Crippen molar-refractivity contribution in [2.24, 2.45) is 16.8 Å². The molecule has 0 spiro atoms. The van der Waals surface area contributed by atoms with Crippen molar-refractivity contribution in [3.63, 3.8) is 0 Å². The second kappa shape index (κ2) is 10.1. The lowest BCUT2D eigenvalue weighted by Gasteiger charge is -2.20. The second-order valence-electron chi connectivity index (χ2n) is 6.97. The molecular weight excluding hydrogens is 312 g/mol. The summed E-state index contributed by atoms with van der Waals surface area (Å²) in [5.41, 5.74) is 2.25. The van der Waals surface area contributed by atoms with Gasteiger partial charge in [-0.1, -0.05) is 32.0 Å². The van der Waals surface area contributed by atoms with Gasteiger partial charge in [0.2, 0.25) is 0 Å². The highest BCUT2D eigenvalue weighted by Gasteiger charge is 2.11. The van der Waals surface area contributed by atoms with Crippen LogP contribution in [0.1, 0.15) is 39.3 Å². The first kappa shape index (κ1) is 19.3. The Morgan fingerprint density at radius 2 is 2.04 bits per heavy atom. The minimum absolute atomic E-state index is 0.238. The summed E-state index contributed by atoms with van der Waals surface area (Å²) in [5.74, 6) is 1.92. The molecule has 0 aliphatic rings. The van der Waals surface area contributed by atoms with Crippen molar-refractivity contribution >= 4 is 16.9 Å². The Morgan fingerprint density at radius 1 is 1.24 bits per heavy atom. The van der Waals surface area contributed by atoms with Crippen molar-refractivity contribution in [2.45, 2.75) is 40.2 Å². The Hall–Kier alpha value is -2.01. The van der Waals surface area contributed by atoms with Gasteiger partial charge in [0.15, 0.2) is 5.96 Å². The van der Waals surface area contributed by atoms with Crippen molar-refractivity contribution in [3.8, 4) is 0 Å². The molecule has 4 N–H and O–H groups in total. The number of H-pyrrole nitrogens is 1. The number of nitrogens with one attached hydrogen (secondary N) is 3. The maximum absolute atomic E-state index is 9.26. The lowest BCUT2D eigenvalue weighted by molar-refractivity contribution is 0.243. The molecule has 1 atom stereocenters. The molecule has 0 fully saturated rings. The van der Waals surface area contributed by atoms with Crippen LogP contribution >= 0.6 is 0 Å². The van der Waals surface area contributed by atoms with Crippen LogP contribution in [0.5, 0.6) is 0 Å². The Morgan fingerprint density at radius 3 is 2.72 bits per heavy atom. The largest absolute Gasteiger partial charge is 0.396 e. The van der Waals surface area contributed by atoms with Crippen LogP contribution in [0.3, 0.4) is 0 Å². The smallest absolute Gasteiger partial charge is 0.191 e. The first-order valence-corrected chi connectivity index (χ1v) is 9.32. The minimum atomic E-state index is 0.238. The third-order valence-corrected chi connectivity index (χ3v) is 4.24. The van der Waals surface area contributed by atoms with Gasteiger partial charge in [-0.15, -0.1) is 0 Å². The molecule has 0 amide bonds. The topological polar surface area (TPSA) is 72.4 Å². The van der Waals surface area contributed by atoms with Crippen LogP contribution in [-0.4, -0.2) is 35.7 Å². The van der Waals surface area contributed by atoms with Crippen molar-refractivity contribution in [1.82, 2.24) is 15.6 Å². The first-order valence-electron chi connectivity index (χ1n) is 9.32. The number of hydrogen-bond donors (Lipinski definition) is 4. The predicted molar refractivity (Wildman–Crippen MR) is 106 cm³/mol. The number of aromatic nitrogens is 1. The number of guanidine groups is 1. The number of aliphatic hydroxyl groups is 1. The van der Waals surface area contributed by atoms with E-state index in [1.807, 2.05) is 12.1 Å². The summed E-state index contributed by atoms with van der Waals surface area (Å²) in [7, 11) is 0. The van der Waals surface area contributed by atoms with Crippen LogP contribution in [0, 0.1) is 11.8 Å². The van der Waals surface area contributed by atoms with Gasteiger partial charge in [0.1, 0.15) is 0 Å². The molecule has 0 saturated carbocycles. The number of para-hydroxylation sites is 1. The van der Waals surface area contributed by atoms with E-state index in [2.05, 4.69) is 54.6 Å². The van der Waals surface area contributed by atoms with Gasteiger partial charge < -0.3 is 20.7 Å². The zero-order chi connectivity index (χ0) is 18.1. The fourth-order valence-corrected chi connectivity index (χ4v) is 3.12. The summed E-state index contributed by atoms with van der Waals surface area (Å²) >= 11 is 0. The van der Waals surface area contributed by atoms with Gasteiger partial charge in [0, 0.05) is 30.9 Å². The summed E-state index contributed by atoms with van der Waals surface area (Å²) in [4.78, 5) is 8.10. The molecule has 25 heavy (non-hydrogen) atoms. The van der Waals surface area contributed by atoms with Crippen molar-refractivity contribution in [2.75, 3.05) is 19.7 Å². The van der Waals surface area contributed by atoms with Crippen LogP contribution < -0.4 is 10.6 Å². The van der Waals surface area contributed by atoms with Gasteiger partial charge in [-0.25, -0.2) is 4.99 Å². The maximum Gasteiger partial charge on any atom is 0.191 e. The van der Waals surface area contributed by atoms with Gasteiger partial charge in [0.25, 0.3) is 0 Å². The van der Waals surface area contributed by atoms with E-state index in [1.165, 1.54) is 5.39 Å². The zero-order valence-corrected chi connectivity index (χ0v) is 15.7. The van der Waals surface area contributed by atoms with Gasteiger partial charge in [0.05, 0.1) is 6.54 Å². The molecule has 0 aliphatic heterocycles. The lowest BCUT2D eigenvalue weighted by Crippen LogP contribution is -2.40. The molecule has 1 heterocycles. The van der Waals surface area contributed by atoms with Gasteiger partial charge in [-0.2, -0.15) is 0 Å². The van der Waals surface area contributed by atoms with Crippen LogP contribution in [0.25, 0.3) is 10.9 Å². The fraction of sp³-hybridized carbons (Fsp3) is 0.550. The van der Waals surface area contributed by atoms with Crippen LogP contribution in [0.2, 0.25) is 0 Å². The Bertz CT molecular complexity index is 630. The molecule has 0 aliphatic carbocycles. The third-order valence-electron chi connectivity index (χ3n) is 4.24. The lowest BCUT2D eigenvalue weighted by atomic mass is 9.94. The van der Waals surface area contributed by atoms with Crippen molar-refractivity contribution in [3.05, 3.63) is 36.0 Å². The van der Waals surface area contributed by atoms with E-state index < -0.39 is 0 Å². The van der Waals surface area contributed by atoms with Gasteiger partial charge >= 0.3 is 0 Å². The molecule has 1 aromatic carbocycles. The monoisotopic (exact) mass is 344 g/mol. The Labute approximate surface area is 150 Å². The average molecular weight is 345 g/mol. The number of aliphatic hydroxyl groups excluding tert-OH is 1. The summed E-state index contributed by atoms with van der Waals surface area (Å²) < 4.78 is 0. The van der Waals surface area contributed by atoms with E-state index >= 15 is 0 Å². The van der Waals surface area contributed by atoms with E-state index in [0.717, 1.165) is 43.1 Å². The molecule has 5 nitrogen and oxygen atoms in total. The zero-order valence-electron chi connectivity index (χ0n) is 15.7. The third kappa shape index (κ3) is 6.42. The van der Waals surface area contributed by atoms with Crippen LogP contribution in [0.4, 0.5) is 0 Å². The quantitative estimate of drug-likeness (QED) is 0.417. The van der Waals surface area contributed by atoms with Gasteiger partial charge in [-0.05, 0) is 49.1 Å². The van der Waals surface area contributed by atoms with Crippen LogP contribution in [-0.2, 0) is 6.54 Å². The molecule has 0 saturated heterocycles. The molecule has 0 bridgehead atoms. The average Bonchev–Trinajstić information content (AvgIpc) is 2.99. The number of aromatic amines is 1. The molecule has 5 heteroatoms. The molecular formula is C20H32N4O. The summed E-state index contributed by atoms with van der Waals surface area (Å²) in [6.07, 6.45) is 1.93. The summed E-state index contributed by atoms with van der Waals surface area (Å²) in [6.45, 7) is 9.02. The number of aliphatic imine (C=N–C) groups is 1. The SMILES string of the molecule is CCNC(=NCc1cc2ccccc2[nH]1)NCC(CCO)CC(C)C. The fourth-order valence-electron chi connectivity index (χ4n) is 3.12. The minimum Gasteiger partial charge on any atom is -0.396 e. The number of nitrogens with zero attached hydrogens (tertiary/aromatic N) is 1. The number of rotatable bonds is 9. The molecule has 0 radical (unpaired) electrons. The Balaban J connectivity index is 1.96.